The molecular weight excluding hydrogens is 218 g/mol. The molecule has 0 bridgehead atoms. The zero-order valence-electron chi connectivity index (χ0n) is 9.32. The quantitative estimate of drug-likeness (QED) is 0.348. The van der Waals surface area contributed by atoms with Crippen molar-refractivity contribution in [2.45, 2.75) is 24.9 Å². The minimum atomic E-state index is -0.396. The van der Waals surface area contributed by atoms with E-state index in [1.54, 1.807) is 12.5 Å². The minimum absolute atomic E-state index is 0.340. The second-order valence-corrected chi connectivity index (χ2v) is 3.93. The van der Waals surface area contributed by atoms with Crippen LogP contribution in [0.4, 0.5) is 0 Å². The molecule has 1 heterocycles. The van der Waals surface area contributed by atoms with E-state index in [9.17, 15) is 0 Å². The third-order valence-electron chi connectivity index (χ3n) is 2.68. The maximum atomic E-state index is 9.12. The Hall–Kier alpha value is -2.03. The van der Waals surface area contributed by atoms with Crippen molar-refractivity contribution in [1.82, 2.24) is 14.9 Å². The van der Waals surface area contributed by atoms with Gasteiger partial charge in [0.1, 0.15) is 6.04 Å². The molecule has 0 aromatic carbocycles. The highest BCUT2D eigenvalue weighted by molar-refractivity contribution is 5.16. The number of nitriles is 1. The SMILES string of the molecule is N#CC(NCCN=[N+]=[N-])c1cncn1C1CC1. The van der Waals surface area contributed by atoms with Crippen molar-refractivity contribution < 1.29 is 0 Å². The molecule has 0 radical (unpaired) electrons. The van der Waals surface area contributed by atoms with Crippen molar-refractivity contribution in [2.24, 2.45) is 5.11 Å². The Morgan fingerprint density at radius 2 is 2.59 bits per heavy atom. The van der Waals surface area contributed by atoms with E-state index >= 15 is 0 Å². The van der Waals surface area contributed by atoms with Crippen molar-refractivity contribution in [3.05, 3.63) is 28.7 Å². The largest absolute Gasteiger partial charge is 0.329 e. The average Bonchev–Trinajstić information content (AvgIpc) is 3.08. The van der Waals surface area contributed by atoms with Gasteiger partial charge in [0, 0.05) is 24.0 Å². The highest BCUT2D eigenvalue weighted by atomic mass is 15.2. The van der Waals surface area contributed by atoms with Gasteiger partial charge in [-0.3, -0.25) is 5.32 Å². The Morgan fingerprint density at radius 1 is 1.76 bits per heavy atom. The van der Waals surface area contributed by atoms with Crippen LogP contribution in [-0.4, -0.2) is 22.6 Å². The van der Waals surface area contributed by atoms with E-state index in [1.165, 1.54) is 0 Å². The molecule has 7 nitrogen and oxygen atoms in total. The Bertz CT molecular complexity index is 461. The topological polar surface area (TPSA) is 102 Å². The van der Waals surface area contributed by atoms with Crippen molar-refractivity contribution in [2.75, 3.05) is 13.1 Å². The summed E-state index contributed by atoms with van der Waals surface area (Å²) in [5.74, 6) is 0. The summed E-state index contributed by atoms with van der Waals surface area (Å²) in [5, 5.41) is 15.6. The summed E-state index contributed by atoms with van der Waals surface area (Å²) in [4.78, 5) is 6.75. The zero-order valence-corrected chi connectivity index (χ0v) is 9.32. The fourth-order valence-electron chi connectivity index (χ4n) is 1.72. The van der Waals surface area contributed by atoms with Crippen LogP contribution in [-0.2, 0) is 0 Å². The molecule has 0 aliphatic heterocycles. The Balaban J connectivity index is 1.99. The number of rotatable bonds is 6. The summed E-state index contributed by atoms with van der Waals surface area (Å²) in [6, 6.07) is 2.30. The molecule has 7 heteroatoms. The fraction of sp³-hybridized carbons (Fsp3) is 0.600. The van der Waals surface area contributed by atoms with Crippen LogP contribution in [0.1, 0.15) is 30.6 Å². The molecule has 1 saturated carbocycles. The molecule has 1 fully saturated rings. The highest BCUT2D eigenvalue weighted by Crippen LogP contribution is 2.36. The number of nitrogens with one attached hydrogen (secondary N) is 1. The maximum Gasteiger partial charge on any atom is 0.138 e. The first-order chi connectivity index (χ1) is 8.36. The maximum absolute atomic E-state index is 9.12. The van der Waals surface area contributed by atoms with Crippen molar-refractivity contribution in [3.63, 3.8) is 0 Å². The standard InChI is InChI=1S/C10H13N7/c11-5-9(14-3-4-15-16-12)10-6-13-7-17(10)8-1-2-8/h6-9,14H,1-4H2. The molecule has 1 atom stereocenters. The van der Waals surface area contributed by atoms with Crippen LogP contribution in [0.5, 0.6) is 0 Å². The molecule has 0 spiro atoms. The summed E-state index contributed by atoms with van der Waals surface area (Å²) < 4.78 is 2.05. The van der Waals surface area contributed by atoms with Gasteiger partial charge in [0.15, 0.2) is 0 Å². The van der Waals surface area contributed by atoms with Gasteiger partial charge in [0.05, 0.1) is 24.3 Å². The number of imidazole rings is 1. The normalized spacial score (nSPS) is 15.9. The fourth-order valence-corrected chi connectivity index (χ4v) is 1.72. The lowest BCUT2D eigenvalue weighted by Gasteiger charge is -2.13. The minimum Gasteiger partial charge on any atom is -0.329 e. The van der Waals surface area contributed by atoms with Gasteiger partial charge in [0.25, 0.3) is 0 Å². The molecule has 17 heavy (non-hydrogen) atoms. The average molecular weight is 231 g/mol. The molecular formula is C10H13N7. The second kappa shape index (κ2) is 5.34. The molecule has 0 amide bonds. The lowest BCUT2D eigenvalue weighted by atomic mass is 10.2. The van der Waals surface area contributed by atoms with Crippen LogP contribution < -0.4 is 5.32 Å². The van der Waals surface area contributed by atoms with Gasteiger partial charge in [-0.05, 0) is 18.4 Å². The predicted octanol–water partition coefficient (Wildman–Crippen LogP) is 1.68. The first-order valence-electron chi connectivity index (χ1n) is 5.52. The Labute approximate surface area is 98.7 Å². The van der Waals surface area contributed by atoms with Gasteiger partial charge >= 0.3 is 0 Å². The lowest BCUT2D eigenvalue weighted by molar-refractivity contribution is 0.579. The molecule has 88 valence electrons. The molecule has 1 aliphatic carbocycles. The van der Waals surface area contributed by atoms with Gasteiger partial charge in [-0.15, -0.1) is 0 Å². The summed E-state index contributed by atoms with van der Waals surface area (Å²) >= 11 is 0. The van der Waals surface area contributed by atoms with Crippen LogP contribution >= 0.6 is 0 Å². The summed E-state index contributed by atoms with van der Waals surface area (Å²) in [7, 11) is 0. The molecule has 2 rings (SSSR count). The lowest BCUT2D eigenvalue weighted by Crippen LogP contribution is -2.24. The Kier molecular flexibility index (Phi) is 3.60. The zero-order chi connectivity index (χ0) is 12.1. The van der Waals surface area contributed by atoms with E-state index in [0.717, 1.165) is 18.5 Å². The van der Waals surface area contributed by atoms with Gasteiger partial charge in [-0.1, -0.05) is 5.11 Å². The van der Waals surface area contributed by atoms with Gasteiger partial charge < -0.3 is 4.57 Å². The first-order valence-corrected chi connectivity index (χ1v) is 5.52. The summed E-state index contributed by atoms with van der Waals surface area (Å²) in [6.07, 6.45) is 5.79. The molecule has 0 saturated heterocycles. The number of hydrogen-bond acceptors (Lipinski definition) is 4. The second-order valence-electron chi connectivity index (χ2n) is 3.93. The molecule has 1 unspecified atom stereocenters. The van der Waals surface area contributed by atoms with E-state index in [0.29, 0.717) is 19.1 Å². The van der Waals surface area contributed by atoms with Crippen LogP contribution in [0.2, 0.25) is 0 Å². The third kappa shape index (κ3) is 2.75. The molecule has 1 N–H and O–H groups in total. The smallest absolute Gasteiger partial charge is 0.138 e. The van der Waals surface area contributed by atoms with Crippen LogP contribution in [0.15, 0.2) is 17.6 Å². The van der Waals surface area contributed by atoms with Gasteiger partial charge in [0.2, 0.25) is 0 Å². The summed E-state index contributed by atoms with van der Waals surface area (Å²) in [5.41, 5.74) is 9.03. The van der Waals surface area contributed by atoms with E-state index in [4.69, 9.17) is 10.8 Å². The van der Waals surface area contributed by atoms with Gasteiger partial charge in [-0.2, -0.15) is 5.26 Å². The number of azide groups is 1. The number of aromatic nitrogens is 2. The molecule has 1 aliphatic rings. The first kappa shape index (κ1) is 11.5. The van der Waals surface area contributed by atoms with Crippen molar-refractivity contribution in [3.8, 4) is 6.07 Å². The van der Waals surface area contributed by atoms with Crippen LogP contribution in [0, 0.1) is 11.3 Å². The third-order valence-corrected chi connectivity index (χ3v) is 2.68. The predicted molar refractivity (Wildman–Crippen MR) is 60.9 cm³/mol. The van der Waals surface area contributed by atoms with E-state index in [-0.39, 0.29) is 0 Å². The van der Waals surface area contributed by atoms with Crippen molar-refractivity contribution in [1.29, 1.82) is 5.26 Å². The Morgan fingerprint density at radius 3 is 3.24 bits per heavy atom. The molecule has 1 aromatic rings. The molecule has 1 aromatic heterocycles. The highest BCUT2D eigenvalue weighted by Gasteiger charge is 2.27. The monoisotopic (exact) mass is 231 g/mol. The van der Waals surface area contributed by atoms with Crippen LogP contribution in [0.25, 0.3) is 10.4 Å². The summed E-state index contributed by atoms with van der Waals surface area (Å²) in [6.45, 7) is 0.824. The van der Waals surface area contributed by atoms with E-state index < -0.39 is 6.04 Å². The van der Waals surface area contributed by atoms with Crippen LogP contribution in [0.3, 0.4) is 0 Å². The number of nitrogens with zero attached hydrogens (tertiary/aromatic N) is 6. The number of hydrogen-bond donors (Lipinski definition) is 1. The van der Waals surface area contributed by atoms with E-state index in [2.05, 4.69) is 31.0 Å². The van der Waals surface area contributed by atoms with Gasteiger partial charge in [-0.25, -0.2) is 4.98 Å². The van der Waals surface area contributed by atoms with Crippen molar-refractivity contribution >= 4 is 0 Å². The van der Waals surface area contributed by atoms with E-state index in [1.807, 2.05) is 0 Å².